The van der Waals surface area contributed by atoms with Gasteiger partial charge >= 0.3 is 0 Å². The normalized spacial score (nSPS) is 11.5. The van der Waals surface area contributed by atoms with Crippen molar-refractivity contribution in [3.63, 3.8) is 0 Å². The molecular formula is C10H14N2O. The average Bonchev–Trinajstić information content (AvgIpc) is 2.03. The van der Waals surface area contributed by atoms with Crippen LogP contribution in [-0.4, -0.2) is 29.9 Å². The Labute approximate surface area is 78.3 Å². The number of aromatic hydroxyl groups is 1. The van der Waals surface area contributed by atoms with Gasteiger partial charge in [-0.1, -0.05) is 12.1 Å². The first-order valence-electron chi connectivity index (χ1n) is 4.12. The Balaban J connectivity index is 3.02. The first-order valence-corrected chi connectivity index (χ1v) is 4.12. The molecule has 1 aromatic carbocycles. The van der Waals surface area contributed by atoms with Gasteiger partial charge in [0.15, 0.2) is 0 Å². The van der Waals surface area contributed by atoms with Gasteiger partial charge in [0.05, 0.1) is 5.71 Å². The lowest BCUT2D eigenvalue weighted by Gasteiger charge is -2.08. The second kappa shape index (κ2) is 3.94. The monoisotopic (exact) mass is 178 g/mol. The lowest BCUT2D eigenvalue weighted by molar-refractivity contribution is 0.436. The number of phenolic OH excluding ortho intramolecular Hbond substituents is 1. The molecule has 0 heterocycles. The molecule has 3 nitrogen and oxygen atoms in total. The van der Waals surface area contributed by atoms with Crippen molar-refractivity contribution >= 4 is 5.71 Å². The largest absolute Gasteiger partial charge is 0.507 e. The quantitative estimate of drug-likeness (QED) is 0.552. The molecule has 1 aromatic rings. The van der Waals surface area contributed by atoms with Crippen LogP contribution in [0.3, 0.4) is 0 Å². The van der Waals surface area contributed by atoms with Gasteiger partial charge in [0.1, 0.15) is 5.75 Å². The van der Waals surface area contributed by atoms with E-state index in [1.54, 1.807) is 17.1 Å². The Hall–Kier alpha value is -1.51. The van der Waals surface area contributed by atoms with Gasteiger partial charge < -0.3 is 10.1 Å². The Morgan fingerprint density at radius 1 is 1.31 bits per heavy atom. The summed E-state index contributed by atoms with van der Waals surface area (Å²) in [5.41, 5.74) is 1.58. The Bertz CT molecular complexity index is 318. The topological polar surface area (TPSA) is 35.8 Å². The lowest BCUT2D eigenvalue weighted by atomic mass is 10.1. The number of rotatable bonds is 2. The van der Waals surface area contributed by atoms with Gasteiger partial charge in [0.2, 0.25) is 0 Å². The van der Waals surface area contributed by atoms with Crippen molar-refractivity contribution in [3.05, 3.63) is 29.8 Å². The fourth-order valence-corrected chi connectivity index (χ4v) is 1.13. The highest BCUT2D eigenvalue weighted by Gasteiger charge is 2.02. The predicted octanol–water partition coefficient (Wildman–Crippen LogP) is 1.68. The number of nitrogens with zero attached hydrogens (tertiary/aromatic N) is 2. The molecule has 3 heteroatoms. The van der Waals surface area contributed by atoms with Crippen molar-refractivity contribution in [2.75, 3.05) is 14.1 Å². The molecule has 0 aliphatic carbocycles. The van der Waals surface area contributed by atoms with E-state index in [1.807, 2.05) is 33.2 Å². The first kappa shape index (κ1) is 9.58. The van der Waals surface area contributed by atoms with Gasteiger partial charge in [-0.25, -0.2) is 0 Å². The molecule has 1 N–H and O–H groups in total. The van der Waals surface area contributed by atoms with Crippen LogP contribution in [0, 0.1) is 0 Å². The van der Waals surface area contributed by atoms with E-state index in [-0.39, 0.29) is 5.75 Å². The van der Waals surface area contributed by atoms with Gasteiger partial charge in [-0.3, -0.25) is 0 Å². The van der Waals surface area contributed by atoms with Crippen LogP contribution in [0.1, 0.15) is 12.5 Å². The van der Waals surface area contributed by atoms with Crippen LogP contribution in [0.25, 0.3) is 0 Å². The lowest BCUT2D eigenvalue weighted by Crippen LogP contribution is -2.07. The summed E-state index contributed by atoms with van der Waals surface area (Å²) in [6.07, 6.45) is 0. The molecule has 0 fully saturated rings. The molecule has 0 bridgehead atoms. The highest BCUT2D eigenvalue weighted by molar-refractivity contribution is 6.00. The molecule has 0 aliphatic rings. The fourth-order valence-electron chi connectivity index (χ4n) is 1.13. The molecule has 0 saturated carbocycles. The fraction of sp³-hybridized carbons (Fsp3) is 0.300. The van der Waals surface area contributed by atoms with E-state index < -0.39 is 0 Å². The van der Waals surface area contributed by atoms with Gasteiger partial charge in [0.25, 0.3) is 0 Å². The summed E-state index contributed by atoms with van der Waals surface area (Å²) >= 11 is 0. The molecule has 0 radical (unpaired) electrons. The third-order valence-electron chi connectivity index (χ3n) is 1.64. The third-order valence-corrected chi connectivity index (χ3v) is 1.64. The highest BCUT2D eigenvalue weighted by Crippen LogP contribution is 2.16. The summed E-state index contributed by atoms with van der Waals surface area (Å²) in [5.74, 6) is 0.269. The number of phenols is 1. The molecule has 0 aromatic heterocycles. The van der Waals surface area contributed by atoms with Crippen LogP contribution in [-0.2, 0) is 0 Å². The van der Waals surface area contributed by atoms with Crippen LogP contribution in [0.4, 0.5) is 0 Å². The summed E-state index contributed by atoms with van der Waals surface area (Å²) in [6, 6.07) is 7.17. The van der Waals surface area contributed by atoms with E-state index in [1.165, 1.54) is 0 Å². The number of hydrazone groups is 1. The van der Waals surface area contributed by atoms with Gasteiger partial charge in [0, 0.05) is 19.7 Å². The SMILES string of the molecule is C/C(=N\N(C)C)c1ccccc1O. The minimum atomic E-state index is 0.269. The summed E-state index contributed by atoms with van der Waals surface area (Å²) in [5, 5.41) is 15.4. The van der Waals surface area contributed by atoms with E-state index in [9.17, 15) is 5.11 Å². The summed E-state index contributed by atoms with van der Waals surface area (Å²) in [6.45, 7) is 1.87. The van der Waals surface area contributed by atoms with Crippen molar-refractivity contribution < 1.29 is 5.11 Å². The second-order valence-corrected chi connectivity index (χ2v) is 3.05. The predicted molar refractivity (Wildman–Crippen MR) is 54.0 cm³/mol. The van der Waals surface area contributed by atoms with E-state index >= 15 is 0 Å². The first-order chi connectivity index (χ1) is 6.11. The maximum atomic E-state index is 9.49. The van der Waals surface area contributed by atoms with Crippen LogP contribution in [0.15, 0.2) is 29.4 Å². The smallest absolute Gasteiger partial charge is 0.124 e. The van der Waals surface area contributed by atoms with Gasteiger partial charge in [-0.2, -0.15) is 5.10 Å². The van der Waals surface area contributed by atoms with Crippen LogP contribution in [0.2, 0.25) is 0 Å². The van der Waals surface area contributed by atoms with E-state index in [0.717, 1.165) is 11.3 Å². The summed E-state index contributed by atoms with van der Waals surface area (Å²) in [7, 11) is 3.70. The van der Waals surface area contributed by atoms with Crippen LogP contribution in [0.5, 0.6) is 5.75 Å². The molecule has 0 amide bonds. The number of para-hydroxylation sites is 1. The number of hydrogen-bond acceptors (Lipinski definition) is 3. The number of hydrogen-bond donors (Lipinski definition) is 1. The molecule has 0 atom stereocenters. The zero-order valence-electron chi connectivity index (χ0n) is 8.15. The van der Waals surface area contributed by atoms with Crippen molar-refractivity contribution in [2.45, 2.75) is 6.92 Å². The molecule has 13 heavy (non-hydrogen) atoms. The molecule has 0 unspecified atom stereocenters. The Morgan fingerprint density at radius 3 is 2.46 bits per heavy atom. The van der Waals surface area contributed by atoms with Crippen molar-refractivity contribution in [3.8, 4) is 5.75 Å². The van der Waals surface area contributed by atoms with Crippen molar-refractivity contribution in [1.82, 2.24) is 5.01 Å². The van der Waals surface area contributed by atoms with Crippen molar-refractivity contribution in [1.29, 1.82) is 0 Å². The highest BCUT2D eigenvalue weighted by atomic mass is 16.3. The zero-order chi connectivity index (χ0) is 9.84. The van der Waals surface area contributed by atoms with E-state index in [2.05, 4.69) is 5.10 Å². The molecule has 0 spiro atoms. The Kier molecular flexibility index (Phi) is 2.90. The summed E-state index contributed by atoms with van der Waals surface area (Å²) in [4.78, 5) is 0. The van der Waals surface area contributed by atoms with E-state index in [0.29, 0.717) is 0 Å². The third kappa shape index (κ3) is 2.47. The zero-order valence-corrected chi connectivity index (χ0v) is 8.15. The standard InChI is InChI=1S/C10H14N2O/c1-8(11-12(2)3)9-6-4-5-7-10(9)13/h4-7,13H,1-3H3/b11-8+. The van der Waals surface area contributed by atoms with Gasteiger partial charge in [-0.05, 0) is 19.1 Å². The summed E-state index contributed by atoms with van der Waals surface area (Å²) < 4.78 is 0. The minimum Gasteiger partial charge on any atom is -0.507 e. The average molecular weight is 178 g/mol. The van der Waals surface area contributed by atoms with Crippen molar-refractivity contribution in [2.24, 2.45) is 5.10 Å². The molecule has 1 rings (SSSR count). The molecule has 70 valence electrons. The second-order valence-electron chi connectivity index (χ2n) is 3.05. The van der Waals surface area contributed by atoms with Crippen LogP contribution < -0.4 is 0 Å². The minimum absolute atomic E-state index is 0.269. The Morgan fingerprint density at radius 2 is 1.92 bits per heavy atom. The number of benzene rings is 1. The molecular weight excluding hydrogens is 164 g/mol. The molecule has 0 saturated heterocycles. The maximum absolute atomic E-state index is 9.49. The van der Waals surface area contributed by atoms with Gasteiger partial charge in [-0.15, -0.1) is 0 Å². The molecule has 0 aliphatic heterocycles. The van der Waals surface area contributed by atoms with Crippen LogP contribution >= 0.6 is 0 Å². The van der Waals surface area contributed by atoms with E-state index in [4.69, 9.17) is 0 Å². The maximum Gasteiger partial charge on any atom is 0.124 e.